The Morgan fingerprint density at radius 2 is 1.58 bits per heavy atom. The average Bonchev–Trinajstić information content (AvgIpc) is 2.36. The Balaban J connectivity index is 2.38. The lowest BCUT2D eigenvalue weighted by Gasteiger charge is -2.12. The molecule has 100 valence electrons. The SMILES string of the molecule is COc1ccc(C(Cl)c2cc(F)cc(F)c2)cc1F. The third-order valence-corrected chi connectivity index (χ3v) is 3.15. The van der Waals surface area contributed by atoms with Gasteiger partial charge in [0.2, 0.25) is 0 Å². The maximum absolute atomic E-state index is 13.6. The van der Waals surface area contributed by atoms with Crippen LogP contribution in [0.25, 0.3) is 0 Å². The molecule has 0 saturated heterocycles. The van der Waals surface area contributed by atoms with Crippen molar-refractivity contribution in [3.8, 4) is 5.75 Å². The van der Waals surface area contributed by atoms with Gasteiger partial charge in [-0.25, -0.2) is 13.2 Å². The maximum Gasteiger partial charge on any atom is 0.165 e. The van der Waals surface area contributed by atoms with E-state index in [9.17, 15) is 13.2 Å². The van der Waals surface area contributed by atoms with E-state index in [-0.39, 0.29) is 11.3 Å². The Labute approximate surface area is 113 Å². The molecule has 0 saturated carbocycles. The molecular formula is C14H10ClF3O. The van der Waals surface area contributed by atoms with E-state index in [1.54, 1.807) is 6.07 Å². The first-order valence-electron chi connectivity index (χ1n) is 5.44. The zero-order valence-corrected chi connectivity index (χ0v) is 10.7. The minimum absolute atomic E-state index is 0.0815. The van der Waals surface area contributed by atoms with E-state index in [0.717, 1.165) is 18.2 Å². The summed E-state index contributed by atoms with van der Waals surface area (Å²) >= 11 is 6.10. The largest absolute Gasteiger partial charge is 0.494 e. The predicted molar refractivity (Wildman–Crippen MR) is 67.0 cm³/mol. The van der Waals surface area contributed by atoms with Crippen LogP contribution in [0.5, 0.6) is 5.75 Å². The van der Waals surface area contributed by atoms with Crippen molar-refractivity contribution in [1.82, 2.24) is 0 Å². The third-order valence-electron chi connectivity index (χ3n) is 2.65. The number of hydrogen-bond donors (Lipinski definition) is 0. The molecule has 0 amide bonds. The summed E-state index contributed by atoms with van der Waals surface area (Å²) < 4.78 is 44.6. The second kappa shape index (κ2) is 5.53. The molecule has 0 radical (unpaired) electrons. The van der Waals surface area contributed by atoms with Crippen molar-refractivity contribution in [2.24, 2.45) is 0 Å². The molecule has 0 spiro atoms. The smallest absolute Gasteiger partial charge is 0.165 e. The van der Waals surface area contributed by atoms with Crippen molar-refractivity contribution < 1.29 is 17.9 Å². The molecule has 2 aromatic rings. The quantitative estimate of drug-likeness (QED) is 0.758. The highest BCUT2D eigenvalue weighted by Gasteiger charge is 2.15. The molecule has 0 aliphatic rings. The number of rotatable bonds is 3. The van der Waals surface area contributed by atoms with Gasteiger partial charge in [-0.1, -0.05) is 6.07 Å². The number of halogens is 4. The van der Waals surface area contributed by atoms with E-state index in [0.29, 0.717) is 5.56 Å². The second-order valence-corrected chi connectivity index (χ2v) is 4.40. The summed E-state index contributed by atoms with van der Waals surface area (Å²) in [5.41, 5.74) is 0.619. The number of benzene rings is 2. The molecule has 0 aliphatic carbocycles. The molecule has 1 atom stereocenters. The number of ether oxygens (including phenoxy) is 1. The van der Waals surface area contributed by atoms with Crippen LogP contribution in [0.15, 0.2) is 36.4 Å². The van der Waals surface area contributed by atoms with Gasteiger partial charge in [-0.05, 0) is 35.4 Å². The Bertz CT molecular complexity index is 581. The van der Waals surface area contributed by atoms with Gasteiger partial charge in [-0.2, -0.15) is 0 Å². The Morgan fingerprint density at radius 1 is 0.947 bits per heavy atom. The van der Waals surface area contributed by atoms with Gasteiger partial charge in [0.25, 0.3) is 0 Å². The normalized spacial score (nSPS) is 12.3. The van der Waals surface area contributed by atoms with Gasteiger partial charge in [0.1, 0.15) is 11.6 Å². The lowest BCUT2D eigenvalue weighted by molar-refractivity contribution is 0.386. The summed E-state index contributed by atoms with van der Waals surface area (Å²) in [6, 6.07) is 7.12. The summed E-state index contributed by atoms with van der Waals surface area (Å²) in [7, 11) is 1.35. The van der Waals surface area contributed by atoms with Gasteiger partial charge in [0, 0.05) is 6.07 Å². The standard InChI is InChI=1S/C14H10ClF3O/c1-19-13-3-2-8(6-12(13)18)14(15)9-4-10(16)7-11(17)5-9/h2-7,14H,1H3. The fourth-order valence-electron chi connectivity index (χ4n) is 1.75. The lowest BCUT2D eigenvalue weighted by atomic mass is 10.0. The molecular weight excluding hydrogens is 277 g/mol. The molecule has 0 aromatic heterocycles. The number of alkyl halides is 1. The second-order valence-electron chi connectivity index (χ2n) is 3.96. The van der Waals surface area contributed by atoms with E-state index < -0.39 is 22.8 Å². The minimum Gasteiger partial charge on any atom is -0.494 e. The van der Waals surface area contributed by atoms with Crippen LogP contribution in [-0.4, -0.2) is 7.11 Å². The molecule has 1 unspecified atom stereocenters. The van der Waals surface area contributed by atoms with Crippen LogP contribution in [0.1, 0.15) is 16.5 Å². The highest BCUT2D eigenvalue weighted by Crippen LogP contribution is 2.32. The van der Waals surface area contributed by atoms with Gasteiger partial charge in [0.15, 0.2) is 11.6 Å². The summed E-state index contributed by atoms with van der Waals surface area (Å²) in [5.74, 6) is -1.95. The molecule has 2 aromatic carbocycles. The molecule has 0 fully saturated rings. The van der Waals surface area contributed by atoms with E-state index >= 15 is 0 Å². The van der Waals surface area contributed by atoms with Crippen LogP contribution >= 0.6 is 11.6 Å². The average molecular weight is 287 g/mol. The van der Waals surface area contributed by atoms with Crippen LogP contribution in [0.2, 0.25) is 0 Å². The first-order chi connectivity index (χ1) is 9.01. The van der Waals surface area contributed by atoms with Gasteiger partial charge >= 0.3 is 0 Å². The fourth-order valence-corrected chi connectivity index (χ4v) is 2.02. The van der Waals surface area contributed by atoms with E-state index in [1.807, 2.05) is 0 Å². The van der Waals surface area contributed by atoms with Gasteiger partial charge < -0.3 is 4.74 Å². The molecule has 0 N–H and O–H groups in total. The molecule has 19 heavy (non-hydrogen) atoms. The topological polar surface area (TPSA) is 9.23 Å². The number of hydrogen-bond acceptors (Lipinski definition) is 1. The van der Waals surface area contributed by atoms with Gasteiger partial charge in [-0.15, -0.1) is 11.6 Å². The van der Waals surface area contributed by atoms with Crippen molar-refractivity contribution in [2.45, 2.75) is 5.38 Å². The Hall–Kier alpha value is -1.68. The summed E-state index contributed by atoms with van der Waals surface area (Å²) in [6.07, 6.45) is 0. The zero-order chi connectivity index (χ0) is 14.0. The molecule has 0 bridgehead atoms. The summed E-state index contributed by atoms with van der Waals surface area (Å²) in [5, 5.41) is -0.842. The molecule has 0 heterocycles. The van der Waals surface area contributed by atoms with Crippen LogP contribution in [0.4, 0.5) is 13.2 Å². The van der Waals surface area contributed by atoms with Crippen molar-refractivity contribution in [3.63, 3.8) is 0 Å². The van der Waals surface area contributed by atoms with Crippen LogP contribution in [-0.2, 0) is 0 Å². The van der Waals surface area contributed by atoms with Crippen molar-refractivity contribution in [1.29, 1.82) is 0 Å². The minimum atomic E-state index is -0.842. The summed E-state index contributed by atoms with van der Waals surface area (Å²) in [4.78, 5) is 0. The van der Waals surface area contributed by atoms with Crippen LogP contribution in [0.3, 0.4) is 0 Å². The Kier molecular flexibility index (Phi) is 4.00. The highest BCUT2D eigenvalue weighted by molar-refractivity contribution is 6.22. The van der Waals surface area contributed by atoms with Crippen molar-refractivity contribution in [3.05, 3.63) is 65.0 Å². The fraction of sp³-hybridized carbons (Fsp3) is 0.143. The Morgan fingerprint density at radius 3 is 2.11 bits per heavy atom. The van der Waals surface area contributed by atoms with Gasteiger partial charge in [0.05, 0.1) is 12.5 Å². The first kappa shape index (κ1) is 13.7. The lowest BCUT2D eigenvalue weighted by Crippen LogP contribution is -1.97. The highest BCUT2D eigenvalue weighted by atomic mass is 35.5. The molecule has 0 aliphatic heterocycles. The zero-order valence-electron chi connectivity index (χ0n) is 9.96. The predicted octanol–water partition coefficient (Wildman–Crippen LogP) is 4.44. The third kappa shape index (κ3) is 3.01. The van der Waals surface area contributed by atoms with E-state index in [2.05, 4.69) is 0 Å². The first-order valence-corrected chi connectivity index (χ1v) is 5.88. The van der Waals surface area contributed by atoms with Crippen molar-refractivity contribution >= 4 is 11.6 Å². The summed E-state index contributed by atoms with van der Waals surface area (Å²) in [6.45, 7) is 0. The van der Waals surface area contributed by atoms with E-state index in [4.69, 9.17) is 16.3 Å². The monoisotopic (exact) mass is 286 g/mol. The van der Waals surface area contributed by atoms with Gasteiger partial charge in [-0.3, -0.25) is 0 Å². The number of methoxy groups -OCH3 is 1. The van der Waals surface area contributed by atoms with Crippen LogP contribution in [0, 0.1) is 17.5 Å². The van der Waals surface area contributed by atoms with Crippen molar-refractivity contribution in [2.75, 3.05) is 7.11 Å². The molecule has 2 rings (SSSR count). The molecule has 1 nitrogen and oxygen atoms in total. The van der Waals surface area contributed by atoms with Crippen LogP contribution < -0.4 is 4.74 Å². The van der Waals surface area contributed by atoms with E-state index in [1.165, 1.54) is 19.2 Å². The molecule has 5 heteroatoms. The maximum atomic E-state index is 13.6.